The zero-order chi connectivity index (χ0) is 44.8. The van der Waals surface area contributed by atoms with Crippen LogP contribution < -0.4 is 0 Å². The molecule has 0 aromatic heterocycles. The number of fused-ring (bicyclic) bond motifs is 5. The number of benzene rings is 2. The van der Waals surface area contributed by atoms with E-state index in [-0.39, 0.29) is 24.5 Å². The number of aliphatic hydroxyl groups excluding tert-OH is 1. The second-order valence-corrected chi connectivity index (χ2v) is 20.2. The molecule has 2 aromatic carbocycles. The van der Waals surface area contributed by atoms with Crippen LogP contribution in [0.2, 0.25) is 0 Å². The van der Waals surface area contributed by atoms with E-state index in [1.807, 2.05) is 47.6 Å². The first kappa shape index (κ1) is 44.7. The predicted molar refractivity (Wildman–Crippen MR) is 223 cm³/mol. The molecule has 2 N–H and O–H groups in total. The van der Waals surface area contributed by atoms with Gasteiger partial charge >= 0.3 is 24.0 Å². The van der Waals surface area contributed by atoms with Crippen molar-refractivity contribution in [3.63, 3.8) is 0 Å². The Kier molecular flexibility index (Phi) is 11.2. The van der Waals surface area contributed by atoms with Crippen LogP contribution in [0.1, 0.15) is 118 Å². The lowest BCUT2D eigenvalue weighted by Gasteiger charge is -2.69. The molecule has 3 aliphatic carbocycles. The minimum atomic E-state index is -2.00. The number of esters is 3. The smallest absolute Gasteiger partial charge is 0.413 e. The zero-order valence-electron chi connectivity index (χ0n) is 37.5. The molecule has 2 aliphatic heterocycles. The summed E-state index contributed by atoms with van der Waals surface area (Å²) in [4.78, 5) is 57.6. The van der Waals surface area contributed by atoms with Crippen molar-refractivity contribution < 1.29 is 57.8 Å². The van der Waals surface area contributed by atoms with Crippen LogP contribution in [0.4, 0.5) is 4.79 Å². The van der Waals surface area contributed by atoms with Gasteiger partial charge in [0.1, 0.15) is 41.3 Å². The van der Waals surface area contributed by atoms with E-state index in [0.717, 1.165) is 0 Å². The van der Waals surface area contributed by atoms with Crippen molar-refractivity contribution in [3.8, 4) is 0 Å². The summed E-state index contributed by atoms with van der Waals surface area (Å²) in [6, 6.07) is 16.5. The topological polar surface area (TPSA) is 167 Å². The molecule has 7 rings (SSSR count). The van der Waals surface area contributed by atoms with E-state index in [1.165, 1.54) is 11.8 Å². The summed E-state index contributed by atoms with van der Waals surface area (Å²) in [5.74, 6) is -3.95. The van der Waals surface area contributed by atoms with Gasteiger partial charge in [-0.2, -0.15) is 0 Å². The summed E-state index contributed by atoms with van der Waals surface area (Å²) in [6.45, 7) is 21.3. The molecule has 12 atom stereocenters. The van der Waals surface area contributed by atoms with Gasteiger partial charge in [-0.15, -0.1) is 0 Å². The van der Waals surface area contributed by atoms with Crippen LogP contribution in [0.15, 0.2) is 71.8 Å². The van der Waals surface area contributed by atoms with Crippen molar-refractivity contribution in [2.75, 3.05) is 6.61 Å². The number of carbonyl (C=O) groups is 4. The summed E-state index contributed by atoms with van der Waals surface area (Å²) in [7, 11) is 0. The Balaban J connectivity index is 1.37. The van der Waals surface area contributed by atoms with E-state index < -0.39 is 106 Å². The third kappa shape index (κ3) is 7.07. The van der Waals surface area contributed by atoms with Crippen molar-refractivity contribution >= 4 is 24.0 Å². The molecule has 332 valence electrons. The maximum Gasteiger partial charge on any atom is 0.413 e. The van der Waals surface area contributed by atoms with Crippen LogP contribution in [0, 0.1) is 28.6 Å². The summed E-state index contributed by atoms with van der Waals surface area (Å²) < 4.78 is 37.8. The minimum absolute atomic E-state index is 0.0365. The largest absolute Gasteiger partial charge is 0.456 e. The lowest BCUT2D eigenvalue weighted by atomic mass is 9.42. The quantitative estimate of drug-likeness (QED) is 0.173. The molecule has 13 heteroatoms. The maximum absolute atomic E-state index is 14.9. The Morgan fingerprint density at radius 1 is 0.902 bits per heavy atom. The molecule has 2 bridgehead atoms. The summed E-state index contributed by atoms with van der Waals surface area (Å²) >= 11 is 0. The predicted octanol–water partition coefficient (Wildman–Crippen LogP) is 7.09. The van der Waals surface area contributed by atoms with Gasteiger partial charge in [-0.25, -0.2) is 14.4 Å². The zero-order valence-corrected chi connectivity index (χ0v) is 37.5. The van der Waals surface area contributed by atoms with Gasteiger partial charge in [0.15, 0.2) is 11.7 Å². The van der Waals surface area contributed by atoms with Gasteiger partial charge in [-0.1, -0.05) is 88.7 Å². The number of hydrogen-bond donors (Lipinski definition) is 2. The number of aliphatic hydroxyl groups is 2. The SMILES string of the molecule is CC(=O)O[C@@]12CO[C@@H]1C[C@H](C)[C@]1(C)C2[C@H](OC(=O)c2ccccc2)[C@]2(O)C[C@H](OC(=O)[C@@H]3OC(C)(C)N(C(=O)OC(C)(C)C)[C@H]3c3ccccc3)C(C)=C([C@@H](C)[C@@H]1O)C2(C)C. The molecule has 61 heavy (non-hydrogen) atoms. The molecule has 1 amide bonds. The van der Waals surface area contributed by atoms with Crippen LogP contribution in [0.3, 0.4) is 0 Å². The molecule has 5 aliphatic rings. The highest BCUT2D eigenvalue weighted by Gasteiger charge is 2.77. The number of carbonyl (C=O) groups excluding carboxylic acids is 4. The molecule has 0 radical (unpaired) electrons. The van der Waals surface area contributed by atoms with Crippen molar-refractivity contribution in [2.24, 2.45) is 28.6 Å². The third-order valence-corrected chi connectivity index (χ3v) is 14.7. The lowest BCUT2D eigenvalue weighted by molar-refractivity contribution is -0.356. The number of ether oxygens (including phenoxy) is 6. The van der Waals surface area contributed by atoms with Crippen molar-refractivity contribution in [2.45, 2.75) is 155 Å². The monoisotopic (exact) mass is 845 g/mol. The number of nitrogens with zero attached hydrogens (tertiary/aromatic N) is 1. The van der Waals surface area contributed by atoms with Gasteiger partial charge in [0.25, 0.3) is 0 Å². The van der Waals surface area contributed by atoms with Crippen LogP contribution in [-0.4, -0.2) is 98.8 Å². The van der Waals surface area contributed by atoms with E-state index in [9.17, 15) is 29.4 Å². The maximum atomic E-state index is 14.9. The summed E-state index contributed by atoms with van der Waals surface area (Å²) in [5, 5.41) is 26.8. The van der Waals surface area contributed by atoms with Crippen molar-refractivity contribution in [1.29, 1.82) is 0 Å². The first-order valence-electron chi connectivity index (χ1n) is 21.5. The molecular formula is C48H63NO12. The Hall–Kier alpha value is -4.30. The standard InChI is InChI=1S/C48H63NO12/c1-26-23-33-47(25-56-33,59-29(4)50)37-39(58-40(52)31-21-17-14-18-22-31)48(55)24-32(27(2)34(44(48,8)9)28(3)38(51)46(26,37)12)57-41(53)36-35(30-19-15-13-16-20-30)49(45(10,11)60-36)42(54)61-43(5,6)7/h13-22,26,28,32-33,35-39,51,55H,23-25H2,1-12H3/t26-,28+,32-,33+,35-,36+,37?,38-,39-,46+,47-,48+/m0/s1. The molecule has 2 saturated carbocycles. The Morgan fingerprint density at radius 3 is 2.07 bits per heavy atom. The van der Waals surface area contributed by atoms with E-state index in [4.69, 9.17) is 28.4 Å². The van der Waals surface area contributed by atoms with E-state index in [1.54, 1.807) is 89.2 Å². The van der Waals surface area contributed by atoms with Crippen LogP contribution >= 0.6 is 0 Å². The average molecular weight is 846 g/mol. The Morgan fingerprint density at radius 2 is 1.51 bits per heavy atom. The van der Waals surface area contributed by atoms with Gasteiger partial charge in [0.2, 0.25) is 0 Å². The highest BCUT2D eigenvalue weighted by atomic mass is 16.6. The van der Waals surface area contributed by atoms with Gasteiger partial charge in [0, 0.05) is 30.1 Å². The molecule has 2 aromatic rings. The number of amides is 1. The molecule has 13 nitrogen and oxygen atoms in total. The summed E-state index contributed by atoms with van der Waals surface area (Å²) in [5.41, 5.74) is -5.72. The van der Waals surface area contributed by atoms with Gasteiger partial charge in [0.05, 0.1) is 24.2 Å². The molecule has 0 spiro atoms. The number of rotatable bonds is 6. The Bertz CT molecular complexity index is 2080. The van der Waals surface area contributed by atoms with Crippen LogP contribution in [-0.2, 0) is 38.0 Å². The molecule has 2 heterocycles. The fourth-order valence-corrected chi connectivity index (χ4v) is 11.7. The normalized spacial score (nSPS) is 37.5. The minimum Gasteiger partial charge on any atom is -0.456 e. The highest BCUT2D eigenvalue weighted by molar-refractivity contribution is 5.89. The Labute approximate surface area is 359 Å². The van der Waals surface area contributed by atoms with E-state index >= 15 is 0 Å². The molecular weight excluding hydrogens is 783 g/mol. The second kappa shape index (κ2) is 15.2. The first-order chi connectivity index (χ1) is 28.3. The van der Waals surface area contributed by atoms with Crippen molar-refractivity contribution in [3.05, 3.63) is 82.9 Å². The third-order valence-electron chi connectivity index (χ3n) is 14.7. The van der Waals surface area contributed by atoms with Gasteiger partial charge < -0.3 is 38.6 Å². The van der Waals surface area contributed by atoms with Crippen LogP contribution in [0.5, 0.6) is 0 Å². The fraction of sp³-hybridized carbons (Fsp3) is 0.625. The second-order valence-electron chi connectivity index (χ2n) is 20.2. The molecule has 4 fully saturated rings. The fourth-order valence-electron chi connectivity index (χ4n) is 11.7. The van der Waals surface area contributed by atoms with E-state index in [2.05, 4.69) is 0 Å². The van der Waals surface area contributed by atoms with Crippen molar-refractivity contribution in [1.82, 2.24) is 4.90 Å². The van der Waals surface area contributed by atoms with Gasteiger partial charge in [-0.05, 0) is 77.2 Å². The molecule has 2 saturated heterocycles. The number of hydrogen-bond acceptors (Lipinski definition) is 12. The van der Waals surface area contributed by atoms with Gasteiger partial charge in [-0.3, -0.25) is 9.69 Å². The molecule has 1 unspecified atom stereocenters. The van der Waals surface area contributed by atoms with Crippen LogP contribution in [0.25, 0.3) is 0 Å². The lowest BCUT2D eigenvalue weighted by Crippen LogP contribution is -2.80. The summed E-state index contributed by atoms with van der Waals surface area (Å²) in [6.07, 6.45) is -6.05. The highest BCUT2D eigenvalue weighted by Crippen LogP contribution is 2.67. The first-order valence-corrected chi connectivity index (χ1v) is 21.5. The average Bonchev–Trinajstić information content (AvgIpc) is 3.47. The van der Waals surface area contributed by atoms with E-state index in [0.29, 0.717) is 23.1 Å².